The van der Waals surface area contributed by atoms with Crippen LogP contribution in [0.4, 0.5) is 26.3 Å². The highest BCUT2D eigenvalue weighted by atomic mass is 35.5. The Morgan fingerprint density at radius 1 is 1.18 bits per heavy atom. The van der Waals surface area contributed by atoms with E-state index in [2.05, 4.69) is 25.9 Å². The van der Waals surface area contributed by atoms with Gasteiger partial charge < -0.3 is 23.8 Å². The summed E-state index contributed by atoms with van der Waals surface area (Å²) in [4.78, 5) is 20.2. The molecule has 0 amide bonds. The summed E-state index contributed by atoms with van der Waals surface area (Å²) in [5, 5.41) is 6.15. The van der Waals surface area contributed by atoms with Crippen molar-refractivity contribution < 1.29 is 63.3 Å². The lowest BCUT2D eigenvalue weighted by Crippen LogP contribution is -2.26. The second-order valence-corrected chi connectivity index (χ2v) is 12.9. The number of carbonyl (C=O) groups is 1. The zero-order valence-corrected chi connectivity index (χ0v) is 27.5. The molecule has 1 aliphatic rings. The van der Waals surface area contributed by atoms with Gasteiger partial charge in [-0.25, -0.2) is 27.3 Å². The minimum absolute atomic E-state index is 0.112. The van der Waals surface area contributed by atoms with Crippen molar-refractivity contribution in [2.45, 2.75) is 57.4 Å². The third-order valence-corrected chi connectivity index (χ3v) is 7.79. The summed E-state index contributed by atoms with van der Waals surface area (Å²) in [5.41, 5.74) is -3.57. The van der Waals surface area contributed by atoms with E-state index in [1.165, 1.54) is 27.0 Å². The Bertz CT molecular complexity index is 1830. The topological polar surface area (TPSA) is 140 Å². The van der Waals surface area contributed by atoms with Crippen molar-refractivity contribution in [1.29, 1.82) is 0 Å². The molecule has 0 radical (unpaired) electrons. The molecule has 4 rings (SSSR count). The van der Waals surface area contributed by atoms with Crippen LogP contribution in [0.25, 0.3) is 0 Å². The second-order valence-electron chi connectivity index (χ2n) is 10.5. The van der Waals surface area contributed by atoms with Gasteiger partial charge in [-0.2, -0.15) is 27.1 Å². The number of esters is 1. The number of ether oxygens (including phenoxy) is 4. The van der Waals surface area contributed by atoms with E-state index < -0.39 is 74.1 Å². The van der Waals surface area contributed by atoms with E-state index in [0.717, 1.165) is 13.1 Å². The molecule has 0 unspecified atom stereocenters. The SMILES string of the molecule is C#CCOC(=O)[C@@H](C)Oc1ccc(Oc2ncc(Cl)cc2F)cc1.Cn1nc(C(F)(F)F)c(CS(=O)(=O)C2=NOC(C)(C)C2)c1OC(F)F. The summed E-state index contributed by atoms with van der Waals surface area (Å²) in [7, 11) is -3.43. The quantitative estimate of drug-likeness (QED) is 0.137. The summed E-state index contributed by atoms with van der Waals surface area (Å²) in [6.45, 7) is 1.05. The standard InChI is InChI=1S/C17H13ClFNO4.C12H14F5N3O4S/c1-3-8-22-17(21)11(2)23-13-4-6-14(7-5-13)24-16-15(19)9-12(18)10-20-16;1-11(2)4-7(19-24-11)25(21,22)5-6-8(12(15,16)17)18-20(3)9(6)23-10(13)14/h1,4-7,9-11H,8H2,2H3;10H,4-5H2,1-3H3/t11-;/m1./s1. The van der Waals surface area contributed by atoms with Crippen molar-refractivity contribution in [3.05, 3.63) is 58.6 Å². The molecule has 20 heteroatoms. The van der Waals surface area contributed by atoms with Crippen molar-refractivity contribution in [1.82, 2.24) is 14.8 Å². The number of terminal acetylenes is 1. The summed E-state index contributed by atoms with van der Waals surface area (Å²) >= 11 is 5.62. The van der Waals surface area contributed by atoms with Gasteiger partial charge in [-0.15, -0.1) is 6.42 Å². The first kappa shape index (κ1) is 38.7. The number of benzene rings is 1. The second kappa shape index (κ2) is 15.7. The molecule has 3 heterocycles. The Hall–Kier alpha value is -4.70. The first-order chi connectivity index (χ1) is 22.7. The highest BCUT2D eigenvalue weighted by Crippen LogP contribution is 2.38. The van der Waals surface area contributed by atoms with Crippen LogP contribution in [0, 0.1) is 18.2 Å². The molecule has 0 aliphatic carbocycles. The van der Waals surface area contributed by atoms with Crippen LogP contribution in [-0.2, 0) is 43.2 Å². The molecule has 266 valence electrons. The normalized spacial score (nSPS) is 14.5. The lowest BCUT2D eigenvalue weighted by molar-refractivity contribution is -0.149. The van der Waals surface area contributed by atoms with Gasteiger partial charge in [0.2, 0.25) is 5.88 Å². The third kappa shape index (κ3) is 10.9. The minimum atomic E-state index is -5.06. The summed E-state index contributed by atoms with van der Waals surface area (Å²) in [6, 6.07) is 7.32. The molecule has 0 saturated heterocycles. The number of alkyl halides is 5. The van der Waals surface area contributed by atoms with Crippen LogP contribution in [0.3, 0.4) is 0 Å². The number of halogens is 7. The zero-order chi connectivity index (χ0) is 36.7. The Kier molecular flexibility index (Phi) is 12.4. The number of aryl methyl sites for hydroxylation is 1. The predicted octanol–water partition coefficient (Wildman–Crippen LogP) is 6.08. The van der Waals surface area contributed by atoms with Crippen molar-refractivity contribution in [2.75, 3.05) is 6.61 Å². The van der Waals surface area contributed by atoms with Gasteiger partial charge in [-0.05, 0) is 51.1 Å². The smallest absolute Gasteiger partial charge is 0.435 e. The first-order valence-electron chi connectivity index (χ1n) is 13.6. The molecule has 3 aromatic rings. The number of aromatic nitrogens is 3. The molecule has 1 aromatic carbocycles. The van der Waals surface area contributed by atoms with E-state index >= 15 is 0 Å². The van der Waals surface area contributed by atoms with Gasteiger partial charge >= 0.3 is 18.8 Å². The number of hydrogen-bond donors (Lipinski definition) is 0. The molecule has 12 nitrogen and oxygen atoms in total. The van der Waals surface area contributed by atoms with Crippen molar-refractivity contribution in [3.63, 3.8) is 0 Å². The lowest BCUT2D eigenvalue weighted by atomic mass is 10.1. The van der Waals surface area contributed by atoms with Crippen molar-refractivity contribution >= 4 is 32.5 Å². The van der Waals surface area contributed by atoms with E-state index in [9.17, 15) is 39.6 Å². The van der Waals surface area contributed by atoms with Crippen molar-refractivity contribution in [2.24, 2.45) is 12.2 Å². The Labute approximate surface area is 280 Å². The van der Waals surface area contributed by atoms with Gasteiger partial charge in [0.1, 0.15) is 17.1 Å². The van der Waals surface area contributed by atoms with E-state index in [1.807, 2.05) is 0 Å². The van der Waals surface area contributed by atoms with Gasteiger partial charge in [-0.1, -0.05) is 22.7 Å². The highest BCUT2D eigenvalue weighted by Gasteiger charge is 2.43. The lowest BCUT2D eigenvalue weighted by Gasteiger charge is -2.13. The summed E-state index contributed by atoms with van der Waals surface area (Å²) < 4.78 is 122. The molecular formula is C29H27ClF6N4O8S. The van der Waals surface area contributed by atoms with Gasteiger partial charge in [0.05, 0.1) is 16.3 Å². The fraction of sp³-hybridized carbons (Fsp3) is 0.379. The average molecular weight is 741 g/mol. The van der Waals surface area contributed by atoms with Crippen LogP contribution in [0.1, 0.15) is 38.4 Å². The molecule has 0 spiro atoms. The fourth-order valence-electron chi connectivity index (χ4n) is 3.84. The summed E-state index contributed by atoms with van der Waals surface area (Å²) in [5.74, 6) is -0.717. The Morgan fingerprint density at radius 2 is 1.82 bits per heavy atom. The summed E-state index contributed by atoms with van der Waals surface area (Å²) in [6.07, 6.45) is 0.246. The maximum atomic E-state index is 13.6. The van der Waals surface area contributed by atoms with Crippen molar-refractivity contribution in [3.8, 4) is 35.6 Å². The van der Waals surface area contributed by atoms with E-state index in [0.29, 0.717) is 16.2 Å². The number of nitrogens with zero attached hydrogens (tertiary/aromatic N) is 4. The maximum Gasteiger partial charge on any atom is 0.435 e. The van der Waals surface area contributed by atoms with Crippen LogP contribution in [-0.4, -0.2) is 59.1 Å². The van der Waals surface area contributed by atoms with Crippen LogP contribution in [0.5, 0.6) is 23.3 Å². The van der Waals surface area contributed by atoms with Crippen LogP contribution < -0.4 is 14.2 Å². The first-order valence-corrected chi connectivity index (χ1v) is 15.7. The molecule has 2 aromatic heterocycles. The Morgan fingerprint density at radius 3 is 2.35 bits per heavy atom. The molecule has 0 bridgehead atoms. The molecule has 49 heavy (non-hydrogen) atoms. The Balaban J connectivity index is 0.000000266. The largest absolute Gasteiger partial charge is 0.479 e. The molecule has 1 aliphatic heterocycles. The van der Waals surface area contributed by atoms with Gasteiger partial charge in [-0.3, -0.25) is 0 Å². The third-order valence-electron chi connectivity index (χ3n) is 5.98. The number of hydrogen-bond acceptors (Lipinski definition) is 11. The number of oxime groups is 1. The monoisotopic (exact) mass is 740 g/mol. The number of rotatable bonds is 10. The number of pyridine rings is 1. The molecule has 0 N–H and O–H groups in total. The van der Waals surface area contributed by atoms with E-state index in [4.69, 9.17) is 37.1 Å². The zero-order valence-electron chi connectivity index (χ0n) is 25.9. The van der Waals surface area contributed by atoms with Gasteiger partial charge in [0, 0.05) is 19.7 Å². The fourth-order valence-corrected chi connectivity index (χ4v) is 5.51. The number of carbonyl (C=O) groups excluding carboxylic acids is 1. The predicted molar refractivity (Wildman–Crippen MR) is 160 cm³/mol. The molecule has 0 fully saturated rings. The number of sulfone groups is 1. The molecular weight excluding hydrogens is 714 g/mol. The highest BCUT2D eigenvalue weighted by molar-refractivity contribution is 8.05. The van der Waals surface area contributed by atoms with E-state index in [1.54, 1.807) is 24.3 Å². The molecule has 0 saturated carbocycles. The maximum absolute atomic E-state index is 13.6. The average Bonchev–Trinajstić information content (AvgIpc) is 3.52. The minimum Gasteiger partial charge on any atom is -0.479 e. The molecule has 1 atom stereocenters. The van der Waals surface area contributed by atoms with E-state index in [-0.39, 0.29) is 23.9 Å². The van der Waals surface area contributed by atoms with Gasteiger partial charge in [0.15, 0.2) is 39.1 Å². The van der Waals surface area contributed by atoms with Crippen LogP contribution >= 0.6 is 11.6 Å². The van der Waals surface area contributed by atoms with Crippen LogP contribution in [0.15, 0.2) is 41.7 Å². The van der Waals surface area contributed by atoms with Gasteiger partial charge in [0.25, 0.3) is 5.88 Å². The van der Waals surface area contributed by atoms with Crippen LogP contribution in [0.2, 0.25) is 5.02 Å².